The first-order chi connectivity index (χ1) is 15.1. The quantitative estimate of drug-likeness (QED) is 0.497. The minimum absolute atomic E-state index is 0.0810. The van der Waals surface area contributed by atoms with Crippen molar-refractivity contribution in [2.75, 3.05) is 44.3 Å². The number of hydrogen-bond donors (Lipinski definition) is 0. The Kier molecular flexibility index (Phi) is 5.76. The lowest BCUT2D eigenvalue weighted by Gasteiger charge is -2.36. The summed E-state index contributed by atoms with van der Waals surface area (Å²) in [7, 11) is 0. The second-order valence-electron chi connectivity index (χ2n) is 7.22. The van der Waals surface area contributed by atoms with Crippen molar-refractivity contribution in [3.8, 4) is 11.5 Å². The predicted molar refractivity (Wildman–Crippen MR) is 109 cm³/mol. The third-order valence-corrected chi connectivity index (χ3v) is 5.53. The molecule has 2 aromatic rings. The minimum atomic E-state index is -4.68. The van der Waals surface area contributed by atoms with Gasteiger partial charge < -0.3 is 19.3 Å². The van der Waals surface area contributed by atoms with Crippen LogP contribution >= 0.6 is 11.6 Å². The molecule has 32 heavy (non-hydrogen) atoms. The van der Waals surface area contributed by atoms with Gasteiger partial charge in [0, 0.05) is 37.8 Å². The number of alkyl halides is 3. The van der Waals surface area contributed by atoms with E-state index in [0.717, 1.165) is 12.1 Å². The molecule has 12 heteroatoms. The van der Waals surface area contributed by atoms with E-state index in [1.54, 1.807) is 15.9 Å². The molecular weight excluding hydrogens is 455 g/mol. The highest BCUT2D eigenvalue weighted by Gasteiger charge is 2.34. The summed E-state index contributed by atoms with van der Waals surface area (Å²) in [6.45, 7) is 1.59. The first-order valence-corrected chi connectivity index (χ1v) is 10.0. The lowest BCUT2D eigenvalue weighted by molar-refractivity contribution is -0.384. The van der Waals surface area contributed by atoms with Crippen LogP contribution in [-0.4, -0.2) is 55.1 Å². The molecule has 0 atom stereocenters. The fourth-order valence-electron chi connectivity index (χ4n) is 3.68. The zero-order valence-corrected chi connectivity index (χ0v) is 17.3. The molecular formula is C20H17ClF3N3O5. The largest absolute Gasteiger partial charge is 0.486 e. The van der Waals surface area contributed by atoms with Gasteiger partial charge in [0.2, 0.25) is 0 Å². The van der Waals surface area contributed by atoms with Gasteiger partial charge in [-0.15, -0.1) is 0 Å². The third kappa shape index (κ3) is 4.24. The van der Waals surface area contributed by atoms with E-state index in [0.29, 0.717) is 36.3 Å². The maximum Gasteiger partial charge on any atom is 0.416 e. The first-order valence-electron chi connectivity index (χ1n) is 9.64. The maximum absolute atomic E-state index is 12.9. The number of nitrogens with zero attached hydrogens (tertiary/aromatic N) is 3. The molecule has 2 aliphatic rings. The van der Waals surface area contributed by atoms with Gasteiger partial charge in [0.1, 0.15) is 18.9 Å². The van der Waals surface area contributed by atoms with Crippen molar-refractivity contribution in [1.82, 2.24) is 4.90 Å². The van der Waals surface area contributed by atoms with Gasteiger partial charge in [-0.3, -0.25) is 14.9 Å². The lowest BCUT2D eigenvalue weighted by atomic mass is 10.1. The van der Waals surface area contributed by atoms with Gasteiger partial charge in [0.15, 0.2) is 11.5 Å². The van der Waals surface area contributed by atoms with Crippen LogP contribution in [0.15, 0.2) is 30.3 Å². The Labute approximate surface area is 185 Å². The molecule has 0 aliphatic carbocycles. The number of halogens is 4. The second kappa shape index (κ2) is 8.38. The monoisotopic (exact) mass is 471 g/mol. The van der Waals surface area contributed by atoms with Gasteiger partial charge in [0.05, 0.1) is 15.5 Å². The molecule has 170 valence electrons. The highest BCUT2D eigenvalue weighted by molar-refractivity contribution is 6.32. The number of hydrogen-bond acceptors (Lipinski definition) is 6. The molecule has 1 fully saturated rings. The highest BCUT2D eigenvalue weighted by atomic mass is 35.5. The standard InChI is InChI=1S/C20H17ClF3N3O5/c21-14-9-12(10-17-18(14)32-8-7-31-17)19(28)26-5-3-25(4-6-26)15-2-1-13(20(22,23)24)11-16(15)27(29)30/h1-2,9-11H,3-8H2. The van der Waals surface area contributed by atoms with Crippen LogP contribution in [0.25, 0.3) is 0 Å². The van der Waals surface area contributed by atoms with E-state index >= 15 is 0 Å². The summed E-state index contributed by atoms with van der Waals surface area (Å²) in [4.78, 5) is 26.6. The third-order valence-electron chi connectivity index (χ3n) is 5.25. The number of carbonyl (C=O) groups is 1. The van der Waals surface area contributed by atoms with Crippen LogP contribution < -0.4 is 14.4 Å². The van der Waals surface area contributed by atoms with Crippen molar-refractivity contribution in [3.05, 3.63) is 56.6 Å². The van der Waals surface area contributed by atoms with Crippen LogP contribution in [0, 0.1) is 10.1 Å². The summed E-state index contributed by atoms with van der Waals surface area (Å²) < 4.78 is 49.7. The van der Waals surface area contributed by atoms with Crippen LogP contribution in [0.4, 0.5) is 24.5 Å². The van der Waals surface area contributed by atoms with Crippen LogP contribution in [-0.2, 0) is 6.18 Å². The number of anilines is 1. The van der Waals surface area contributed by atoms with Gasteiger partial charge in [-0.25, -0.2) is 0 Å². The molecule has 1 saturated heterocycles. The maximum atomic E-state index is 12.9. The number of carbonyl (C=O) groups excluding carboxylic acids is 1. The molecule has 0 spiro atoms. The van der Waals surface area contributed by atoms with Crippen LogP contribution in [0.1, 0.15) is 15.9 Å². The van der Waals surface area contributed by atoms with Gasteiger partial charge in [-0.2, -0.15) is 13.2 Å². The smallest absolute Gasteiger partial charge is 0.416 e. The van der Waals surface area contributed by atoms with Gasteiger partial charge in [-0.1, -0.05) is 11.6 Å². The van der Waals surface area contributed by atoms with Gasteiger partial charge >= 0.3 is 6.18 Å². The number of rotatable bonds is 3. The van der Waals surface area contributed by atoms with E-state index in [1.165, 1.54) is 6.07 Å². The molecule has 2 aliphatic heterocycles. The number of nitro groups is 1. The number of benzene rings is 2. The summed E-state index contributed by atoms with van der Waals surface area (Å²) >= 11 is 6.20. The molecule has 0 N–H and O–H groups in total. The summed E-state index contributed by atoms with van der Waals surface area (Å²) in [6.07, 6.45) is -4.68. The number of amides is 1. The Balaban J connectivity index is 1.49. The number of nitro benzene ring substituents is 1. The van der Waals surface area contributed by atoms with Gasteiger partial charge in [-0.05, 0) is 24.3 Å². The Hall–Kier alpha value is -3.21. The Morgan fingerprint density at radius 2 is 1.75 bits per heavy atom. The summed E-state index contributed by atoms with van der Waals surface area (Å²) in [6, 6.07) is 5.49. The zero-order valence-electron chi connectivity index (χ0n) is 16.5. The fraction of sp³-hybridized carbons (Fsp3) is 0.350. The van der Waals surface area contributed by atoms with E-state index in [1.807, 2.05) is 0 Å². The molecule has 1 amide bonds. The molecule has 0 aromatic heterocycles. The topological polar surface area (TPSA) is 85.2 Å². The van der Waals surface area contributed by atoms with Crippen molar-refractivity contribution in [1.29, 1.82) is 0 Å². The Morgan fingerprint density at radius 3 is 2.41 bits per heavy atom. The SMILES string of the molecule is O=C(c1cc(Cl)c2c(c1)OCCO2)N1CCN(c2ccc(C(F)(F)F)cc2[N+](=O)[O-])CC1. The van der Waals surface area contributed by atoms with Crippen molar-refractivity contribution in [3.63, 3.8) is 0 Å². The number of piperazine rings is 1. The summed E-state index contributed by atoms with van der Waals surface area (Å²) in [5, 5.41) is 11.6. The minimum Gasteiger partial charge on any atom is -0.486 e. The van der Waals surface area contributed by atoms with Crippen LogP contribution in [0.5, 0.6) is 11.5 Å². The average molecular weight is 472 g/mol. The fourth-order valence-corrected chi connectivity index (χ4v) is 3.95. The molecule has 0 radical (unpaired) electrons. The average Bonchev–Trinajstić information content (AvgIpc) is 2.77. The second-order valence-corrected chi connectivity index (χ2v) is 7.63. The summed E-state index contributed by atoms with van der Waals surface area (Å²) in [5.74, 6) is 0.463. The van der Waals surface area contributed by atoms with E-state index in [-0.39, 0.29) is 42.8 Å². The molecule has 8 nitrogen and oxygen atoms in total. The Morgan fingerprint density at radius 1 is 1.06 bits per heavy atom. The zero-order chi connectivity index (χ0) is 23.0. The summed E-state index contributed by atoms with van der Waals surface area (Å²) in [5.41, 5.74) is -1.32. The number of ether oxygens (including phenoxy) is 2. The normalized spacial score (nSPS) is 16.1. The molecule has 4 rings (SSSR count). The molecule has 2 aromatic carbocycles. The molecule has 0 unspecified atom stereocenters. The van der Waals surface area contributed by atoms with Crippen molar-refractivity contribution >= 4 is 28.9 Å². The molecule has 0 bridgehead atoms. The molecule has 0 saturated carbocycles. The van der Waals surface area contributed by atoms with Crippen molar-refractivity contribution in [2.45, 2.75) is 6.18 Å². The van der Waals surface area contributed by atoms with Crippen molar-refractivity contribution in [2.24, 2.45) is 0 Å². The van der Waals surface area contributed by atoms with Crippen molar-refractivity contribution < 1.29 is 32.4 Å². The highest BCUT2D eigenvalue weighted by Crippen LogP contribution is 2.39. The van der Waals surface area contributed by atoms with E-state index < -0.39 is 22.4 Å². The van der Waals surface area contributed by atoms with Crippen LogP contribution in [0.2, 0.25) is 5.02 Å². The van der Waals surface area contributed by atoms with E-state index in [2.05, 4.69) is 0 Å². The predicted octanol–water partition coefficient (Wildman–Crippen LogP) is 4.00. The number of fused-ring (bicyclic) bond motifs is 1. The van der Waals surface area contributed by atoms with Crippen LogP contribution in [0.3, 0.4) is 0 Å². The van der Waals surface area contributed by atoms with E-state index in [4.69, 9.17) is 21.1 Å². The van der Waals surface area contributed by atoms with Gasteiger partial charge in [0.25, 0.3) is 11.6 Å². The lowest BCUT2D eigenvalue weighted by Crippen LogP contribution is -2.49. The van der Waals surface area contributed by atoms with E-state index in [9.17, 15) is 28.1 Å². The molecule has 2 heterocycles. The first kappa shape index (κ1) is 22.0. The Bertz CT molecular complexity index is 1070.